The van der Waals surface area contributed by atoms with Gasteiger partial charge in [-0.15, -0.1) is 13.2 Å². The molecule has 1 atom stereocenters. The van der Waals surface area contributed by atoms with Crippen molar-refractivity contribution in [3.8, 4) is 5.75 Å². The summed E-state index contributed by atoms with van der Waals surface area (Å²) in [5.41, 5.74) is 2.24. The Bertz CT molecular complexity index is 573. The highest BCUT2D eigenvalue weighted by Gasteiger charge is 2.31. The van der Waals surface area contributed by atoms with Crippen molar-refractivity contribution < 1.29 is 17.9 Å². The van der Waals surface area contributed by atoms with E-state index in [9.17, 15) is 13.2 Å². The van der Waals surface area contributed by atoms with Crippen LogP contribution < -0.4 is 4.74 Å². The van der Waals surface area contributed by atoms with Crippen LogP contribution in [0.15, 0.2) is 18.2 Å². The Balaban J connectivity index is 1.45. The molecule has 0 spiro atoms. The summed E-state index contributed by atoms with van der Waals surface area (Å²) >= 11 is 0. The minimum atomic E-state index is -4.61. The first-order valence-electron chi connectivity index (χ1n) is 10.3. The van der Waals surface area contributed by atoms with Gasteiger partial charge in [-0.2, -0.15) is 0 Å². The molecule has 26 heavy (non-hydrogen) atoms. The standard InChI is InChI=1S/C22H31F3O/c1-2-3-16-4-6-17(7-5-16)8-9-18-10-11-20-15-21(26-22(23,24)25)13-12-19(20)14-18/h12-13,15-18H,2-11,14H2,1H3. The summed E-state index contributed by atoms with van der Waals surface area (Å²) in [6.45, 7) is 2.28. The lowest BCUT2D eigenvalue weighted by Crippen LogP contribution is -2.19. The third-order valence-corrected chi connectivity index (χ3v) is 6.39. The number of hydrogen-bond donors (Lipinski definition) is 0. The highest BCUT2D eigenvalue weighted by molar-refractivity contribution is 5.37. The van der Waals surface area contributed by atoms with Gasteiger partial charge >= 0.3 is 6.36 Å². The number of benzene rings is 1. The highest BCUT2D eigenvalue weighted by Crippen LogP contribution is 2.37. The number of hydrogen-bond acceptors (Lipinski definition) is 1. The maximum atomic E-state index is 12.4. The number of alkyl halides is 3. The third kappa shape index (κ3) is 5.65. The first-order chi connectivity index (χ1) is 12.4. The Morgan fingerprint density at radius 3 is 2.19 bits per heavy atom. The predicted octanol–water partition coefficient (Wildman–Crippen LogP) is 7.08. The van der Waals surface area contributed by atoms with Crippen molar-refractivity contribution in [1.82, 2.24) is 0 Å². The van der Waals surface area contributed by atoms with E-state index in [-0.39, 0.29) is 5.75 Å². The second kappa shape index (κ2) is 8.67. The topological polar surface area (TPSA) is 9.23 Å². The van der Waals surface area contributed by atoms with E-state index in [1.807, 2.05) is 6.07 Å². The van der Waals surface area contributed by atoms with Gasteiger partial charge in [-0.05, 0) is 66.7 Å². The van der Waals surface area contributed by atoms with Gasteiger partial charge in [0, 0.05) is 0 Å². The minimum Gasteiger partial charge on any atom is -0.406 e. The SMILES string of the molecule is CCCC1CCC(CCC2CCc3cc(OC(F)(F)F)ccc3C2)CC1. The number of ether oxygens (including phenoxy) is 1. The quantitative estimate of drug-likeness (QED) is 0.521. The zero-order valence-electron chi connectivity index (χ0n) is 15.8. The van der Waals surface area contributed by atoms with Crippen molar-refractivity contribution in [2.24, 2.45) is 17.8 Å². The summed E-state index contributed by atoms with van der Waals surface area (Å²) < 4.78 is 41.1. The molecule has 0 aliphatic heterocycles. The van der Waals surface area contributed by atoms with Crippen molar-refractivity contribution in [3.63, 3.8) is 0 Å². The van der Waals surface area contributed by atoms with Crippen molar-refractivity contribution >= 4 is 0 Å². The summed E-state index contributed by atoms with van der Waals surface area (Å²) in [5, 5.41) is 0. The summed E-state index contributed by atoms with van der Waals surface area (Å²) in [6.07, 6.45) is 9.27. The molecular formula is C22H31F3O. The van der Waals surface area contributed by atoms with Crippen molar-refractivity contribution in [2.75, 3.05) is 0 Å². The van der Waals surface area contributed by atoms with E-state index < -0.39 is 6.36 Å². The highest BCUT2D eigenvalue weighted by atomic mass is 19.4. The first kappa shape index (κ1) is 19.6. The fraction of sp³-hybridized carbons (Fsp3) is 0.727. The average Bonchev–Trinajstić information content (AvgIpc) is 2.60. The van der Waals surface area contributed by atoms with Gasteiger partial charge in [-0.25, -0.2) is 0 Å². The van der Waals surface area contributed by atoms with Crippen molar-refractivity contribution in [1.29, 1.82) is 0 Å². The van der Waals surface area contributed by atoms with Crippen LogP contribution in [0.25, 0.3) is 0 Å². The smallest absolute Gasteiger partial charge is 0.406 e. The Kier molecular flexibility index (Phi) is 6.52. The molecular weight excluding hydrogens is 337 g/mol. The van der Waals surface area contributed by atoms with Crippen LogP contribution in [0.3, 0.4) is 0 Å². The summed E-state index contributed by atoms with van der Waals surface area (Å²) in [7, 11) is 0. The molecule has 146 valence electrons. The molecule has 0 bridgehead atoms. The number of rotatable bonds is 6. The Morgan fingerprint density at radius 1 is 0.885 bits per heavy atom. The summed E-state index contributed by atoms with van der Waals surface area (Å²) in [5.74, 6) is 2.46. The Hall–Kier alpha value is -1.19. The lowest BCUT2D eigenvalue weighted by molar-refractivity contribution is -0.274. The van der Waals surface area contributed by atoms with Crippen LogP contribution in [-0.2, 0) is 12.8 Å². The van der Waals surface area contributed by atoms with Crippen LogP contribution in [0.5, 0.6) is 5.75 Å². The number of halogens is 3. The average molecular weight is 368 g/mol. The van der Waals surface area contributed by atoms with Gasteiger partial charge in [-0.3, -0.25) is 0 Å². The van der Waals surface area contributed by atoms with Crippen LogP contribution in [-0.4, -0.2) is 6.36 Å². The second-order valence-electron chi connectivity index (χ2n) is 8.34. The van der Waals surface area contributed by atoms with E-state index in [2.05, 4.69) is 11.7 Å². The molecule has 1 aromatic carbocycles. The predicted molar refractivity (Wildman–Crippen MR) is 98.2 cm³/mol. The van der Waals surface area contributed by atoms with E-state index >= 15 is 0 Å². The largest absolute Gasteiger partial charge is 0.573 e. The fourth-order valence-corrected chi connectivity index (χ4v) is 4.94. The van der Waals surface area contributed by atoms with E-state index in [0.29, 0.717) is 5.92 Å². The van der Waals surface area contributed by atoms with Crippen LogP contribution >= 0.6 is 0 Å². The summed E-state index contributed by atoms with van der Waals surface area (Å²) in [4.78, 5) is 0. The van der Waals surface area contributed by atoms with Crippen LogP contribution in [0.1, 0.15) is 75.8 Å². The van der Waals surface area contributed by atoms with Crippen LogP contribution in [0.2, 0.25) is 0 Å². The van der Waals surface area contributed by atoms with Gasteiger partial charge in [0.2, 0.25) is 0 Å². The van der Waals surface area contributed by atoms with Crippen molar-refractivity contribution in [3.05, 3.63) is 29.3 Å². The molecule has 4 heteroatoms. The second-order valence-corrected chi connectivity index (χ2v) is 8.34. The van der Waals surface area contributed by atoms with Gasteiger partial charge in [0.05, 0.1) is 0 Å². The van der Waals surface area contributed by atoms with Gasteiger partial charge in [0.25, 0.3) is 0 Å². The minimum absolute atomic E-state index is 0.0847. The fourth-order valence-electron chi connectivity index (χ4n) is 4.94. The number of fused-ring (bicyclic) bond motifs is 1. The van der Waals surface area contributed by atoms with E-state index in [1.165, 1.54) is 63.0 Å². The molecule has 2 aliphatic carbocycles. The first-order valence-corrected chi connectivity index (χ1v) is 10.3. The van der Waals surface area contributed by atoms with E-state index in [0.717, 1.165) is 36.7 Å². The zero-order valence-corrected chi connectivity index (χ0v) is 15.8. The Labute approximate surface area is 155 Å². The maximum Gasteiger partial charge on any atom is 0.573 e. The van der Waals surface area contributed by atoms with Crippen LogP contribution in [0, 0.1) is 17.8 Å². The molecule has 1 aromatic rings. The van der Waals surface area contributed by atoms with Crippen molar-refractivity contribution in [2.45, 2.75) is 83.9 Å². The zero-order chi connectivity index (χ0) is 18.6. The molecule has 1 fully saturated rings. The molecule has 0 radical (unpaired) electrons. The molecule has 1 unspecified atom stereocenters. The normalized spacial score (nSPS) is 26.4. The molecule has 3 rings (SSSR count). The van der Waals surface area contributed by atoms with Gasteiger partial charge < -0.3 is 4.74 Å². The molecule has 0 N–H and O–H groups in total. The number of aryl methyl sites for hydroxylation is 1. The molecule has 0 amide bonds. The molecule has 1 saturated carbocycles. The van der Waals surface area contributed by atoms with Gasteiger partial charge in [-0.1, -0.05) is 57.9 Å². The molecule has 1 nitrogen and oxygen atoms in total. The summed E-state index contributed by atoms with van der Waals surface area (Å²) in [6, 6.07) is 4.87. The van der Waals surface area contributed by atoms with E-state index in [4.69, 9.17) is 0 Å². The maximum absolute atomic E-state index is 12.4. The van der Waals surface area contributed by atoms with Crippen LogP contribution in [0.4, 0.5) is 13.2 Å². The lowest BCUT2D eigenvalue weighted by atomic mass is 9.75. The van der Waals surface area contributed by atoms with Gasteiger partial charge in [0.1, 0.15) is 5.75 Å². The lowest BCUT2D eigenvalue weighted by Gasteiger charge is -2.30. The molecule has 0 heterocycles. The monoisotopic (exact) mass is 368 g/mol. The molecule has 0 saturated heterocycles. The molecule has 2 aliphatic rings. The molecule has 0 aromatic heterocycles. The van der Waals surface area contributed by atoms with E-state index in [1.54, 1.807) is 6.07 Å². The third-order valence-electron chi connectivity index (χ3n) is 6.39. The van der Waals surface area contributed by atoms with Gasteiger partial charge in [0.15, 0.2) is 0 Å². The Morgan fingerprint density at radius 2 is 1.54 bits per heavy atom.